The van der Waals surface area contributed by atoms with Crippen LogP contribution in [0.4, 0.5) is 0 Å². The molecule has 27 heavy (non-hydrogen) atoms. The number of rotatable bonds is 3. The second kappa shape index (κ2) is 6.90. The zero-order chi connectivity index (χ0) is 18.3. The molecule has 1 spiro atoms. The molecule has 1 fully saturated rings. The third-order valence-electron chi connectivity index (χ3n) is 7.08. The lowest BCUT2D eigenvalue weighted by Crippen LogP contribution is -2.37. The van der Waals surface area contributed by atoms with E-state index in [-0.39, 0.29) is 5.41 Å². The molecule has 0 bridgehead atoms. The second-order valence-electron chi connectivity index (χ2n) is 8.68. The van der Waals surface area contributed by atoms with Crippen molar-refractivity contribution in [2.24, 2.45) is 0 Å². The van der Waals surface area contributed by atoms with E-state index in [0.29, 0.717) is 18.7 Å². The van der Waals surface area contributed by atoms with Gasteiger partial charge in [0.2, 0.25) is 0 Å². The zero-order valence-corrected chi connectivity index (χ0v) is 16.3. The van der Waals surface area contributed by atoms with Crippen molar-refractivity contribution in [3.8, 4) is 6.01 Å². The maximum Gasteiger partial charge on any atom is 0.316 e. The first kappa shape index (κ1) is 17.2. The fourth-order valence-corrected chi connectivity index (χ4v) is 5.45. The summed E-state index contributed by atoms with van der Waals surface area (Å²) in [7, 11) is 2.18. The van der Waals surface area contributed by atoms with E-state index in [9.17, 15) is 0 Å². The van der Waals surface area contributed by atoms with Crippen molar-refractivity contribution in [3.63, 3.8) is 0 Å². The molecule has 1 aliphatic heterocycles. The van der Waals surface area contributed by atoms with Gasteiger partial charge in [0, 0.05) is 17.7 Å². The van der Waals surface area contributed by atoms with E-state index in [1.165, 1.54) is 56.3 Å². The topological polar surface area (TPSA) is 38.2 Å². The van der Waals surface area contributed by atoms with Crippen LogP contribution in [0.3, 0.4) is 0 Å². The number of nitrogens with zero attached hydrogens (tertiary/aromatic N) is 3. The molecular weight excluding hydrogens is 334 g/mol. The predicted octanol–water partition coefficient (Wildman–Crippen LogP) is 3.71. The van der Waals surface area contributed by atoms with Gasteiger partial charge in [0.25, 0.3) is 0 Å². The fourth-order valence-electron chi connectivity index (χ4n) is 5.45. The number of hydrogen-bond donors (Lipinski definition) is 0. The van der Waals surface area contributed by atoms with Crippen LogP contribution >= 0.6 is 0 Å². The standard InChI is InChI=1S/C23H29N3O/c1-26-13-5-8-19(26)16-27-22-24-15-18-10-12-23(14-21(18)25-22)11-4-7-17-6-2-3-9-20(17)23/h2-3,6,9,15,19H,4-5,7-8,10-14,16H2,1H3/t19-,23?/m0/s1. The first-order chi connectivity index (χ1) is 13.2. The van der Waals surface area contributed by atoms with Crippen LogP contribution in [0.5, 0.6) is 6.01 Å². The Bertz CT molecular complexity index is 836. The number of aryl methyl sites for hydroxylation is 2. The first-order valence-corrected chi connectivity index (χ1v) is 10.5. The Hall–Kier alpha value is -1.94. The van der Waals surface area contributed by atoms with Crippen molar-refractivity contribution in [2.45, 2.75) is 62.8 Å². The molecule has 4 heteroatoms. The molecule has 0 radical (unpaired) electrons. The van der Waals surface area contributed by atoms with Crippen molar-refractivity contribution in [2.75, 3.05) is 20.2 Å². The normalized spacial score (nSPS) is 27.4. The maximum absolute atomic E-state index is 6.01. The highest BCUT2D eigenvalue weighted by Crippen LogP contribution is 2.46. The van der Waals surface area contributed by atoms with Crippen LogP contribution in [0, 0.1) is 0 Å². The van der Waals surface area contributed by atoms with Gasteiger partial charge in [-0.05, 0) is 81.6 Å². The lowest BCUT2D eigenvalue weighted by atomic mass is 9.62. The van der Waals surface area contributed by atoms with E-state index in [1.54, 1.807) is 11.1 Å². The minimum absolute atomic E-state index is 0.263. The molecule has 0 N–H and O–H groups in total. The molecule has 1 saturated heterocycles. The summed E-state index contributed by atoms with van der Waals surface area (Å²) >= 11 is 0. The fraction of sp³-hybridized carbons (Fsp3) is 0.565. The van der Waals surface area contributed by atoms with E-state index in [4.69, 9.17) is 9.72 Å². The Morgan fingerprint density at radius 2 is 2.07 bits per heavy atom. The number of likely N-dealkylation sites (tertiary alicyclic amines) is 1. The maximum atomic E-state index is 6.01. The lowest BCUT2D eigenvalue weighted by Gasteiger charge is -2.42. The molecule has 0 saturated carbocycles. The highest BCUT2D eigenvalue weighted by atomic mass is 16.5. The first-order valence-electron chi connectivity index (χ1n) is 10.5. The highest BCUT2D eigenvalue weighted by molar-refractivity contribution is 5.41. The van der Waals surface area contributed by atoms with Gasteiger partial charge in [-0.2, -0.15) is 4.98 Å². The Kier molecular flexibility index (Phi) is 4.39. The van der Waals surface area contributed by atoms with Gasteiger partial charge in [0.05, 0.1) is 5.69 Å². The molecule has 0 amide bonds. The van der Waals surface area contributed by atoms with E-state index >= 15 is 0 Å². The molecule has 4 nitrogen and oxygen atoms in total. The van der Waals surface area contributed by atoms with E-state index in [0.717, 1.165) is 12.8 Å². The molecule has 1 unspecified atom stereocenters. The molecule has 2 atom stereocenters. The van der Waals surface area contributed by atoms with E-state index in [1.807, 2.05) is 6.20 Å². The number of hydrogen-bond acceptors (Lipinski definition) is 4. The van der Waals surface area contributed by atoms with Gasteiger partial charge < -0.3 is 9.64 Å². The van der Waals surface area contributed by atoms with Gasteiger partial charge in [0.1, 0.15) is 6.61 Å². The molecular formula is C23H29N3O. The zero-order valence-electron chi connectivity index (χ0n) is 16.3. The SMILES string of the molecule is CN1CCC[C@H]1COc1ncc2c(n1)CC1(CCCc3ccccc31)CC2. The van der Waals surface area contributed by atoms with Gasteiger partial charge in [0.15, 0.2) is 0 Å². The van der Waals surface area contributed by atoms with E-state index in [2.05, 4.69) is 41.2 Å². The molecule has 2 aliphatic carbocycles. The van der Waals surface area contributed by atoms with Crippen molar-refractivity contribution in [3.05, 3.63) is 52.8 Å². The summed E-state index contributed by atoms with van der Waals surface area (Å²) in [4.78, 5) is 11.8. The average molecular weight is 364 g/mol. The Morgan fingerprint density at radius 3 is 2.96 bits per heavy atom. The monoisotopic (exact) mass is 363 g/mol. The summed E-state index contributed by atoms with van der Waals surface area (Å²) in [6.45, 7) is 1.87. The number of fused-ring (bicyclic) bond motifs is 3. The van der Waals surface area contributed by atoms with E-state index < -0.39 is 0 Å². The van der Waals surface area contributed by atoms with Crippen molar-refractivity contribution in [1.82, 2.24) is 14.9 Å². The van der Waals surface area contributed by atoms with Crippen LogP contribution in [0.1, 0.15) is 54.5 Å². The Balaban J connectivity index is 1.38. The molecule has 5 rings (SSSR count). The summed E-state index contributed by atoms with van der Waals surface area (Å²) < 4.78 is 6.01. The van der Waals surface area contributed by atoms with Crippen LogP contribution < -0.4 is 4.74 Å². The Morgan fingerprint density at radius 1 is 1.15 bits per heavy atom. The number of likely N-dealkylation sites (N-methyl/N-ethyl adjacent to an activating group) is 1. The molecule has 2 heterocycles. The minimum Gasteiger partial charge on any atom is -0.462 e. The summed E-state index contributed by atoms with van der Waals surface area (Å²) in [5.41, 5.74) is 5.90. The molecule has 2 aromatic rings. The third kappa shape index (κ3) is 3.14. The van der Waals surface area contributed by atoms with Crippen molar-refractivity contribution in [1.29, 1.82) is 0 Å². The summed E-state index contributed by atoms with van der Waals surface area (Å²) in [5, 5.41) is 0. The molecule has 3 aliphatic rings. The van der Waals surface area contributed by atoms with Gasteiger partial charge in [-0.3, -0.25) is 0 Å². The summed E-state index contributed by atoms with van der Waals surface area (Å²) in [6, 6.07) is 10.1. The van der Waals surface area contributed by atoms with Crippen molar-refractivity contribution < 1.29 is 4.74 Å². The highest BCUT2D eigenvalue weighted by Gasteiger charge is 2.40. The Labute approximate surface area is 162 Å². The minimum atomic E-state index is 0.263. The molecule has 1 aromatic carbocycles. The number of aromatic nitrogens is 2. The van der Waals surface area contributed by atoms with Crippen LogP contribution in [0.15, 0.2) is 30.5 Å². The van der Waals surface area contributed by atoms with Gasteiger partial charge in [-0.25, -0.2) is 4.98 Å². The summed E-state index contributed by atoms with van der Waals surface area (Å²) in [6.07, 6.45) is 11.6. The van der Waals surface area contributed by atoms with Gasteiger partial charge >= 0.3 is 6.01 Å². The lowest BCUT2D eigenvalue weighted by molar-refractivity contribution is 0.186. The van der Waals surface area contributed by atoms with Crippen LogP contribution in [0.2, 0.25) is 0 Å². The van der Waals surface area contributed by atoms with Gasteiger partial charge in [-0.15, -0.1) is 0 Å². The van der Waals surface area contributed by atoms with Crippen molar-refractivity contribution >= 4 is 0 Å². The quantitative estimate of drug-likeness (QED) is 0.833. The average Bonchev–Trinajstić information content (AvgIpc) is 3.11. The van der Waals surface area contributed by atoms with Crippen LogP contribution in [0.25, 0.3) is 0 Å². The predicted molar refractivity (Wildman–Crippen MR) is 106 cm³/mol. The third-order valence-corrected chi connectivity index (χ3v) is 7.08. The number of ether oxygens (including phenoxy) is 1. The van der Waals surface area contributed by atoms with Gasteiger partial charge in [-0.1, -0.05) is 24.3 Å². The number of benzene rings is 1. The molecule has 1 aromatic heterocycles. The second-order valence-corrected chi connectivity index (χ2v) is 8.68. The largest absolute Gasteiger partial charge is 0.462 e. The smallest absolute Gasteiger partial charge is 0.316 e. The van der Waals surface area contributed by atoms with Crippen LogP contribution in [-0.4, -0.2) is 41.1 Å². The van der Waals surface area contributed by atoms with Crippen LogP contribution in [-0.2, 0) is 24.7 Å². The molecule has 142 valence electrons. The summed E-state index contributed by atoms with van der Waals surface area (Å²) in [5.74, 6) is 0.